The first-order chi connectivity index (χ1) is 11.8. The molecule has 132 valence electrons. The summed E-state index contributed by atoms with van der Waals surface area (Å²) >= 11 is 0. The van der Waals surface area contributed by atoms with Gasteiger partial charge in [0.15, 0.2) is 11.6 Å². The summed E-state index contributed by atoms with van der Waals surface area (Å²) in [6.45, 7) is 0.0696. The average Bonchev–Trinajstić information content (AvgIpc) is 2.50. The van der Waals surface area contributed by atoms with E-state index in [9.17, 15) is 8.78 Å². The number of anilines is 1. The van der Waals surface area contributed by atoms with Gasteiger partial charge in [-0.2, -0.15) is 0 Å². The van der Waals surface area contributed by atoms with E-state index >= 15 is 0 Å². The number of aliphatic hydroxyl groups excluding tert-OH is 1. The van der Waals surface area contributed by atoms with Crippen molar-refractivity contribution >= 4 is 13.7 Å². The number of hydrogen-bond donors (Lipinski definition) is 3. The molecule has 1 aliphatic heterocycles. The summed E-state index contributed by atoms with van der Waals surface area (Å²) in [5.41, 5.74) is 0.548. The molecule has 1 aromatic heterocycles. The van der Waals surface area contributed by atoms with Gasteiger partial charge in [0.25, 0.3) is 0 Å². The van der Waals surface area contributed by atoms with Crippen molar-refractivity contribution in [3.63, 3.8) is 0 Å². The molecule has 1 aromatic carbocycles. The van der Waals surface area contributed by atoms with Crippen LogP contribution in [-0.4, -0.2) is 53.2 Å². The molecule has 3 rings (SSSR count). The van der Waals surface area contributed by atoms with Gasteiger partial charge in [-0.05, 0) is 6.07 Å². The second kappa shape index (κ2) is 6.68. The highest BCUT2D eigenvalue weighted by molar-refractivity contribution is 6.11. The number of halogens is 2. The van der Waals surface area contributed by atoms with Gasteiger partial charge in [0.05, 0.1) is 12.7 Å². The van der Waals surface area contributed by atoms with Crippen LogP contribution >= 0.6 is 0 Å². The van der Waals surface area contributed by atoms with Gasteiger partial charge < -0.3 is 25.0 Å². The van der Waals surface area contributed by atoms with E-state index in [1.807, 2.05) is 0 Å². The number of aliphatic hydroxyl groups is 3. The van der Waals surface area contributed by atoms with Crippen molar-refractivity contribution < 1.29 is 28.8 Å². The minimum Gasteiger partial charge on any atom is -0.392 e. The maximum Gasteiger partial charge on any atom is 0.225 e. The van der Waals surface area contributed by atoms with E-state index in [0.29, 0.717) is 0 Å². The van der Waals surface area contributed by atoms with Gasteiger partial charge in [-0.25, -0.2) is 13.8 Å². The SMILES string of the molecule is BC(O)(O)OC1CN(c2ncc(-c3cccc(CO)c3F)cc2F)C1. The van der Waals surface area contributed by atoms with Crippen molar-refractivity contribution in [1.82, 2.24) is 4.98 Å². The fourth-order valence-electron chi connectivity index (χ4n) is 2.74. The maximum absolute atomic E-state index is 14.4. The molecule has 1 aliphatic rings. The van der Waals surface area contributed by atoms with Crippen molar-refractivity contribution in [2.75, 3.05) is 18.0 Å². The zero-order valence-corrected chi connectivity index (χ0v) is 13.5. The van der Waals surface area contributed by atoms with Gasteiger partial charge in [0, 0.05) is 36.0 Å². The minimum atomic E-state index is -2.23. The Morgan fingerprint density at radius 1 is 1.32 bits per heavy atom. The molecule has 25 heavy (non-hydrogen) atoms. The highest BCUT2D eigenvalue weighted by atomic mass is 19.1. The summed E-state index contributed by atoms with van der Waals surface area (Å²) in [7, 11) is 1.10. The Morgan fingerprint density at radius 2 is 2.04 bits per heavy atom. The number of nitrogens with zero attached hydrogens (tertiary/aromatic N) is 2. The lowest BCUT2D eigenvalue weighted by Crippen LogP contribution is -2.56. The third-order valence-electron chi connectivity index (χ3n) is 3.92. The average molecular weight is 350 g/mol. The van der Waals surface area contributed by atoms with Gasteiger partial charge in [-0.3, -0.25) is 0 Å². The first kappa shape index (κ1) is 17.7. The second-order valence-corrected chi connectivity index (χ2v) is 6.04. The van der Waals surface area contributed by atoms with E-state index in [-0.39, 0.29) is 35.6 Å². The van der Waals surface area contributed by atoms with Crippen LogP contribution in [0.4, 0.5) is 14.6 Å². The quantitative estimate of drug-likeness (QED) is 0.518. The van der Waals surface area contributed by atoms with Crippen molar-refractivity contribution in [2.24, 2.45) is 0 Å². The first-order valence-corrected chi connectivity index (χ1v) is 7.70. The molecular formula is C16H17BF2N2O4. The molecule has 6 nitrogen and oxygen atoms in total. The Labute approximate surface area is 143 Å². The van der Waals surface area contributed by atoms with Crippen LogP contribution in [0.25, 0.3) is 11.1 Å². The monoisotopic (exact) mass is 350 g/mol. The van der Waals surface area contributed by atoms with Crippen LogP contribution < -0.4 is 4.90 Å². The molecule has 1 saturated heterocycles. The molecule has 0 saturated carbocycles. The molecule has 0 atom stereocenters. The molecule has 1 fully saturated rings. The van der Waals surface area contributed by atoms with Gasteiger partial charge in [-0.1, -0.05) is 18.2 Å². The largest absolute Gasteiger partial charge is 0.392 e. The van der Waals surface area contributed by atoms with E-state index in [2.05, 4.69) is 4.98 Å². The molecule has 0 bridgehead atoms. The highest BCUT2D eigenvalue weighted by Crippen LogP contribution is 2.30. The standard InChI is InChI=1S/C16H17BF2N2O4/c17-16(23,24)25-11-6-21(7-11)15-13(18)4-10(5-20-15)12-3-1-2-9(8-22)14(12)19/h1-5,11,22-24H,6-8,17H2. The summed E-state index contributed by atoms with van der Waals surface area (Å²) in [5.74, 6) is -3.39. The Balaban J connectivity index is 1.77. The van der Waals surface area contributed by atoms with Crippen LogP contribution in [0.5, 0.6) is 0 Å². The molecule has 0 unspecified atom stereocenters. The summed E-state index contributed by atoms with van der Waals surface area (Å²) in [4.78, 5) is 5.62. The van der Waals surface area contributed by atoms with Crippen molar-refractivity contribution in [1.29, 1.82) is 0 Å². The van der Waals surface area contributed by atoms with Crippen molar-refractivity contribution in [2.45, 2.75) is 18.6 Å². The van der Waals surface area contributed by atoms with Crippen LogP contribution in [0.15, 0.2) is 30.5 Å². The molecular weight excluding hydrogens is 333 g/mol. The van der Waals surface area contributed by atoms with E-state index in [1.165, 1.54) is 24.4 Å². The fourth-order valence-corrected chi connectivity index (χ4v) is 2.74. The third kappa shape index (κ3) is 3.79. The Bertz CT molecular complexity index is 779. The Morgan fingerprint density at radius 3 is 2.64 bits per heavy atom. The predicted molar refractivity (Wildman–Crippen MR) is 88.3 cm³/mol. The summed E-state index contributed by atoms with van der Waals surface area (Å²) < 4.78 is 33.6. The molecule has 0 aliphatic carbocycles. The first-order valence-electron chi connectivity index (χ1n) is 7.70. The molecule has 2 aromatic rings. The zero-order valence-electron chi connectivity index (χ0n) is 13.5. The molecule has 2 heterocycles. The smallest absolute Gasteiger partial charge is 0.225 e. The molecule has 0 amide bonds. The maximum atomic E-state index is 14.4. The van der Waals surface area contributed by atoms with Crippen molar-refractivity contribution in [3.8, 4) is 11.1 Å². The third-order valence-corrected chi connectivity index (χ3v) is 3.92. The topological polar surface area (TPSA) is 86.0 Å². The van der Waals surface area contributed by atoms with Gasteiger partial charge in [0.1, 0.15) is 5.82 Å². The molecule has 0 spiro atoms. The van der Waals surface area contributed by atoms with Crippen LogP contribution in [0.3, 0.4) is 0 Å². The fraction of sp³-hybridized carbons (Fsp3) is 0.312. The number of rotatable bonds is 5. The Kier molecular flexibility index (Phi) is 4.74. The number of hydrogen-bond acceptors (Lipinski definition) is 6. The van der Waals surface area contributed by atoms with Gasteiger partial charge in [-0.15, -0.1) is 0 Å². The van der Waals surface area contributed by atoms with Crippen LogP contribution in [-0.2, 0) is 11.3 Å². The highest BCUT2D eigenvalue weighted by Gasteiger charge is 2.34. The lowest BCUT2D eigenvalue weighted by Gasteiger charge is -2.41. The summed E-state index contributed by atoms with van der Waals surface area (Å²) in [6, 6.07) is 5.70. The summed E-state index contributed by atoms with van der Waals surface area (Å²) in [5, 5.41) is 27.5. The zero-order chi connectivity index (χ0) is 18.2. The lowest BCUT2D eigenvalue weighted by molar-refractivity contribution is -0.297. The van der Waals surface area contributed by atoms with E-state index < -0.39 is 30.2 Å². The normalized spacial score (nSPS) is 15.3. The van der Waals surface area contributed by atoms with E-state index in [0.717, 1.165) is 7.85 Å². The Hall–Kier alpha value is -2.07. The van der Waals surface area contributed by atoms with Crippen LogP contribution in [0, 0.1) is 11.6 Å². The number of ether oxygens (including phenoxy) is 1. The lowest BCUT2D eigenvalue weighted by atomic mass is 10.0. The number of aromatic nitrogens is 1. The minimum absolute atomic E-state index is 0.0832. The van der Waals surface area contributed by atoms with Crippen LogP contribution in [0.1, 0.15) is 5.56 Å². The second-order valence-electron chi connectivity index (χ2n) is 6.04. The number of benzene rings is 1. The molecule has 3 N–H and O–H groups in total. The molecule has 0 radical (unpaired) electrons. The molecule has 9 heteroatoms. The van der Waals surface area contributed by atoms with Crippen molar-refractivity contribution in [3.05, 3.63) is 47.7 Å². The summed E-state index contributed by atoms with van der Waals surface area (Å²) in [6.07, 6.45) is 0.911. The number of pyridine rings is 1. The van der Waals surface area contributed by atoms with E-state index in [4.69, 9.17) is 20.1 Å². The van der Waals surface area contributed by atoms with Crippen LogP contribution in [0.2, 0.25) is 0 Å². The van der Waals surface area contributed by atoms with Gasteiger partial charge in [0.2, 0.25) is 13.7 Å². The van der Waals surface area contributed by atoms with E-state index in [1.54, 1.807) is 11.0 Å². The predicted octanol–water partition coefficient (Wildman–Crippen LogP) is -0.0467. The van der Waals surface area contributed by atoms with Gasteiger partial charge >= 0.3 is 0 Å².